The lowest BCUT2D eigenvalue weighted by Gasteiger charge is -2.34. The van der Waals surface area contributed by atoms with Crippen molar-refractivity contribution in [2.45, 2.75) is 44.4 Å². The second kappa shape index (κ2) is 8.19. The van der Waals surface area contributed by atoms with E-state index >= 15 is 0 Å². The summed E-state index contributed by atoms with van der Waals surface area (Å²) < 4.78 is 18.9. The van der Waals surface area contributed by atoms with Gasteiger partial charge in [0.05, 0.1) is 6.61 Å². The number of ether oxygens (including phenoxy) is 1. The van der Waals surface area contributed by atoms with Crippen LogP contribution in [-0.2, 0) is 9.59 Å². The fraction of sp³-hybridized carbons (Fsp3) is 0.333. The fourth-order valence-corrected chi connectivity index (χ4v) is 4.23. The van der Waals surface area contributed by atoms with Gasteiger partial charge in [0.2, 0.25) is 5.91 Å². The number of benzene rings is 2. The van der Waals surface area contributed by atoms with Crippen LogP contribution in [0.25, 0.3) is 0 Å². The molecular formula is C24H24FNO3. The van der Waals surface area contributed by atoms with Crippen LogP contribution >= 0.6 is 0 Å². The van der Waals surface area contributed by atoms with E-state index in [9.17, 15) is 14.0 Å². The van der Waals surface area contributed by atoms with Crippen LogP contribution in [0.5, 0.6) is 5.75 Å². The van der Waals surface area contributed by atoms with Crippen molar-refractivity contribution in [1.82, 2.24) is 5.32 Å². The molecule has 0 aromatic heterocycles. The summed E-state index contributed by atoms with van der Waals surface area (Å²) in [6, 6.07) is 13.9. The van der Waals surface area contributed by atoms with Crippen molar-refractivity contribution in [2.75, 3.05) is 6.61 Å². The summed E-state index contributed by atoms with van der Waals surface area (Å²) in [5.41, 5.74) is 3.29. The largest absolute Gasteiger partial charge is 0.494 e. The third kappa shape index (κ3) is 4.09. The molecule has 0 spiro atoms. The normalized spacial score (nSPS) is 21.6. The molecule has 1 N–H and O–H groups in total. The van der Waals surface area contributed by atoms with Gasteiger partial charge >= 0.3 is 0 Å². The molecule has 0 saturated carbocycles. The molecule has 1 aliphatic carbocycles. The number of nitrogens with one attached hydrogen (secondary N) is 1. The minimum absolute atomic E-state index is 0.0503. The first-order valence-corrected chi connectivity index (χ1v) is 10.1. The van der Waals surface area contributed by atoms with E-state index in [-0.39, 0.29) is 35.8 Å². The average Bonchev–Trinajstić information content (AvgIpc) is 2.72. The summed E-state index contributed by atoms with van der Waals surface area (Å²) in [5.74, 6) is 0.181. The molecule has 2 aliphatic rings. The van der Waals surface area contributed by atoms with E-state index in [1.165, 1.54) is 12.1 Å². The standard InChI is InChI=1S/C24H24FNO3/c1-2-11-29-19-9-5-16(6-10-19)20-14-23(28)26-21-12-17(13-22(27)24(20)21)15-3-7-18(25)8-4-15/h3-10,17,20H,2,11-14H2,1H3,(H,26,28)/t17-,20-/m0/s1. The van der Waals surface area contributed by atoms with Gasteiger partial charge in [-0.05, 0) is 54.2 Å². The van der Waals surface area contributed by atoms with Crippen LogP contribution in [0, 0.1) is 5.82 Å². The number of allylic oxidation sites excluding steroid dienone is 2. The zero-order chi connectivity index (χ0) is 20.4. The topological polar surface area (TPSA) is 55.4 Å². The van der Waals surface area contributed by atoms with Crippen molar-refractivity contribution in [1.29, 1.82) is 0 Å². The van der Waals surface area contributed by atoms with Gasteiger partial charge in [0.25, 0.3) is 0 Å². The first kappa shape index (κ1) is 19.4. The van der Waals surface area contributed by atoms with Crippen molar-refractivity contribution in [3.05, 3.63) is 76.7 Å². The molecule has 0 saturated heterocycles. The van der Waals surface area contributed by atoms with Crippen molar-refractivity contribution in [3.63, 3.8) is 0 Å². The predicted molar refractivity (Wildman–Crippen MR) is 108 cm³/mol. The van der Waals surface area contributed by atoms with Gasteiger partial charge in [-0.25, -0.2) is 4.39 Å². The molecule has 4 nitrogen and oxygen atoms in total. The summed E-state index contributed by atoms with van der Waals surface area (Å²) in [5, 5.41) is 2.92. The predicted octanol–water partition coefficient (Wildman–Crippen LogP) is 4.62. The monoisotopic (exact) mass is 393 g/mol. The zero-order valence-electron chi connectivity index (χ0n) is 16.4. The maximum atomic E-state index is 13.2. The molecule has 150 valence electrons. The lowest BCUT2D eigenvalue weighted by Crippen LogP contribution is -2.38. The third-order valence-electron chi connectivity index (χ3n) is 5.63. The van der Waals surface area contributed by atoms with Crippen LogP contribution in [0.2, 0.25) is 0 Å². The van der Waals surface area contributed by atoms with Crippen LogP contribution in [-0.4, -0.2) is 18.3 Å². The molecule has 0 bridgehead atoms. The highest BCUT2D eigenvalue weighted by atomic mass is 19.1. The molecule has 1 heterocycles. The van der Waals surface area contributed by atoms with Crippen molar-refractivity contribution in [3.8, 4) is 5.75 Å². The van der Waals surface area contributed by atoms with E-state index < -0.39 is 0 Å². The number of rotatable bonds is 5. The van der Waals surface area contributed by atoms with Crippen LogP contribution in [0.15, 0.2) is 59.8 Å². The second-order valence-corrected chi connectivity index (χ2v) is 7.69. The Kier molecular flexibility index (Phi) is 5.47. The lowest BCUT2D eigenvalue weighted by atomic mass is 9.73. The Balaban J connectivity index is 1.62. The van der Waals surface area contributed by atoms with Gasteiger partial charge in [-0.1, -0.05) is 31.2 Å². The highest BCUT2D eigenvalue weighted by molar-refractivity contribution is 6.02. The molecular weight excluding hydrogens is 369 g/mol. The van der Waals surface area contributed by atoms with E-state index in [1.54, 1.807) is 12.1 Å². The quantitative estimate of drug-likeness (QED) is 0.807. The summed E-state index contributed by atoms with van der Waals surface area (Å²) in [4.78, 5) is 25.4. The zero-order valence-corrected chi connectivity index (χ0v) is 16.4. The summed E-state index contributed by atoms with van der Waals surface area (Å²) in [6.45, 7) is 2.71. The number of ketones is 1. The Bertz CT molecular complexity index is 947. The van der Waals surface area contributed by atoms with E-state index in [0.717, 1.165) is 23.3 Å². The Morgan fingerprint density at radius 1 is 0.966 bits per heavy atom. The van der Waals surface area contributed by atoms with Crippen LogP contribution < -0.4 is 10.1 Å². The highest BCUT2D eigenvalue weighted by Gasteiger charge is 2.38. The smallest absolute Gasteiger partial charge is 0.225 e. The molecule has 5 heteroatoms. The van der Waals surface area contributed by atoms with Gasteiger partial charge in [-0.3, -0.25) is 9.59 Å². The Morgan fingerprint density at radius 3 is 2.34 bits per heavy atom. The van der Waals surface area contributed by atoms with E-state index in [1.807, 2.05) is 24.3 Å². The van der Waals surface area contributed by atoms with Gasteiger partial charge in [0, 0.05) is 30.0 Å². The second-order valence-electron chi connectivity index (χ2n) is 7.69. The number of halogens is 1. The Morgan fingerprint density at radius 2 is 1.66 bits per heavy atom. The molecule has 2 atom stereocenters. The van der Waals surface area contributed by atoms with Gasteiger partial charge in [-0.2, -0.15) is 0 Å². The van der Waals surface area contributed by atoms with Gasteiger partial charge < -0.3 is 10.1 Å². The first-order valence-electron chi connectivity index (χ1n) is 10.1. The highest BCUT2D eigenvalue weighted by Crippen LogP contribution is 2.42. The molecule has 29 heavy (non-hydrogen) atoms. The molecule has 1 amide bonds. The number of carbonyl (C=O) groups is 2. The van der Waals surface area contributed by atoms with Crippen molar-refractivity contribution >= 4 is 11.7 Å². The third-order valence-corrected chi connectivity index (χ3v) is 5.63. The average molecular weight is 393 g/mol. The number of hydrogen-bond donors (Lipinski definition) is 1. The molecule has 2 aromatic rings. The fourth-order valence-electron chi connectivity index (χ4n) is 4.23. The lowest BCUT2D eigenvalue weighted by molar-refractivity contribution is -0.122. The van der Waals surface area contributed by atoms with Gasteiger partial charge in [-0.15, -0.1) is 0 Å². The van der Waals surface area contributed by atoms with E-state index in [0.29, 0.717) is 30.7 Å². The van der Waals surface area contributed by atoms with Crippen LogP contribution in [0.4, 0.5) is 4.39 Å². The van der Waals surface area contributed by atoms with Crippen molar-refractivity contribution < 1.29 is 18.7 Å². The number of carbonyl (C=O) groups excluding carboxylic acids is 2. The number of amides is 1. The molecule has 1 aliphatic heterocycles. The Hall–Kier alpha value is -2.95. The van der Waals surface area contributed by atoms with Gasteiger partial charge in [0.1, 0.15) is 11.6 Å². The minimum Gasteiger partial charge on any atom is -0.494 e. The maximum absolute atomic E-state index is 13.2. The SMILES string of the molecule is CCCOc1ccc([C@@H]2CC(=O)NC3=C2C(=O)C[C@@H](c2ccc(F)cc2)C3)cc1. The summed E-state index contributed by atoms with van der Waals surface area (Å²) in [6.07, 6.45) is 2.15. The first-order chi connectivity index (χ1) is 14.0. The van der Waals surface area contributed by atoms with E-state index in [2.05, 4.69) is 12.2 Å². The number of hydrogen-bond acceptors (Lipinski definition) is 3. The van der Waals surface area contributed by atoms with Crippen LogP contribution in [0.3, 0.4) is 0 Å². The summed E-state index contributed by atoms with van der Waals surface area (Å²) in [7, 11) is 0. The van der Waals surface area contributed by atoms with Gasteiger partial charge in [0.15, 0.2) is 5.78 Å². The van der Waals surface area contributed by atoms with Crippen LogP contribution in [0.1, 0.15) is 55.6 Å². The van der Waals surface area contributed by atoms with E-state index in [4.69, 9.17) is 4.74 Å². The molecule has 0 radical (unpaired) electrons. The Labute approximate surface area is 169 Å². The number of Topliss-reactive ketones (excluding diaryl/α,β-unsaturated/α-hetero) is 1. The molecule has 2 aromatic carbocycles. The summed E-state index contributed by atoms with van der Waals surface area (Å²) >= 11 is 0. The molecule has 0 fully saturated rings. The van der Waals surface area contributed by atoms with Crippen molar-refractivity contribution in [2.24, 2.45) is 0 Å². The molecule has 4 rings (SSSR count). The minimum atomic E-state index is -0.298. The maximum Gasteiger partial charge on any atom is 0.225 e. The molecule has 0 unspecified atom stereocenters.